The minimum atomic E-state index is 0.0189. The van der Waals surface area contributed by atoms with Crippen molar-refractivity contribution in [3.05, 3.63) is 29.8 Å². The molecule has 88 valence electrons. The summed E-state index contributed by atoms with van der Waals surface area (Å²) in [5.74, 6) is 0.865. The highest BCUT2D eigenvalue weighted by atomic mass is 16.5. The smallest absolute Gasteiger partial charge is 0.233 e. The SMILES string of the molecule is CNCC(=O)NCCc1cccc(OC)c1. The zero-order valence-corrected chi connectivity index (χ0v) is 9.75. The minimum Gasteiger partial charge on any atom is -0.497 e. The maximum Gasteiger partial charge on any atom is 0.233 e. The van der Waals surface area contributed by atoms with E-state index in [1.54, 1.807) is 14.2 Å². The molecule has 0 atom stereocenters. The number of carbonyl (C=O) groups is 1. The first kappa shape index (κ1) is 12.5. The van der Waals surface area contributed by atoms with Crippen LogP contribution in [0.15, 0.2) is 24.3 Å². The van der Waals surface area contributed by atoms with Gasteiger partial charge in [-0.05, 0) is 31.2 Å². The second-order valence-corrected chi connectivity index (χ2v) is 3.48. The van der Waals surface area contributed by atoms with E-state index in [1.165, 1.54) is 0 Å². The topological polar surface area (TPSA) is 50.4 Å². The van der Waals surface area contributed by atoms with Crippen LogP contribution in [0.1, 0.15) is 5.56 Å². The first-order chi connectivity index (χ1) is 7.76. The quantitative estimate of drug-likeness (QED) is 0.740. The van der Waals surface area contributed by atoms with E-state index >= 15 is 0 Å². The molecular weight excluding hydrogens is 204 g/mol. The Labute approximate surface area is 96.0 Å². The van der Waals surface area contributed by atoms with Gasteiger partial charge in [0.25, 0.3) is 0 Å². The maximum absolute atomic E-state index is 11.2. The lowest BCUT2D eigenvalue weighted by Gasteiger charge is -2.06. The first-order valence-electron chi connectivity index (χ1n) is 5.30. The maximum atomic E-state index is 11.2. The van der Waals surface area contributed by atoms with Crippen molar-refractivity contribution in [2.75, 3.05) is 27.2 Å². The number of rotatable bonds is 6. The molecule has 0 aliphatic carbocycles. The van der Waals surface area contributed by atoms with E-state index in [2.05, 4.69) is 10.6 Å². The summed E-state index contributed by atoms with van der Waals surface area (Å²) in [5, 5.41) is 5.63. The summed E-state index contributed by atoms with van der Waals surface area (Å²) < 4.78 is 5.12. The monoisotopic (exact) mass is 222 g/mol. The average Bonchev–Trinajstić information content (AvgIpc) is 2.30. The van der Waals surface area contributed by atoms with E-state index in [0.29, 0.717) is 13.1 Å². The van der Waals surface area contributed by atoms with Gasteiger partial charge in [-0.15, -0.1) is 0 Å². The molecule has 0 aromatic heterocycles. The lowest BCUT2D eigenvalue weighted by Crippen LogP contribution is -2.33. The predicted molar refractivity (Wildman–Crippen MR) is 63.6 cm³/mol. The Morgan fingerprint density at radius 3 is 2.94 bits per heavy atom. The summed E-state index contributed by atoms with van der Waals surface area (Å²) in [5.41, 5.74) is 1.16. The van der Waals surface area contributed by atoms with Gasteiger partial charge in [-0.3, -0.25) is 4.79 Å². The van der Waals surface area contributed by atoms with Crippen molar-refractivity contribution in [2.45, 2.75) is 6.42 Å². The Balaban J connectivity index is 2.34. The van der Waals surface area contributed by atoms with Gasteiger partial charge >= 0.3 is 0 Å². The average molecular weight is 222 g/mol. The predicted octanol–water partition coefficient (Wildman–Crippen LogP) is 0.573. The molecular formula is C12H18N2O2. The molecule has 0 fully saturated rings. The second-order valence-electron chi connectivity index (χ2n) is 3.48. The summed E-state index contributed by atoms with van der Waals surface area (Å²) in [6.45, 7) is 1.01. The molecule has 2 N–H and O–H groups in total. The molecule has 0 heterocycles. The van der Waals surface area contributed by atoms with Crippen LogP contribution in [0.3, 0.4) is 0 Å². The Kier molecular flexibility index (Phi) is 5.36. The van der Waals surface area contributed by atoms with Crippen molar-refractivity contribution in [2.24, 2.45) is 0 Å². The van der Waals surface area contributed by atoms with Crippen LogP contribution < -0.4 is 15.4 Å². The van der Waals surface area contributed by atoms with Gasteiger partial charge in [0.15, 0.2) is 0 Å². The van der Waals surface area contributed by atoms with E-state index < -0.39 is 0 Å². The molecule has 0 aliphatic rings. The van der Waals surface area contributed by atoms with Crippen LogP contribution in [-0.4, -0.2) is 33.2 Å². The standard InChI is InChI=1S/C12H18N2O2/c1-13-9-12(15)14-7-6-10-4-3-5-11(8-10)16-2/h3-5,8,13H,6-7,9H2,1-2H3,(H,14,15). The molecule has 1 rings (SSSR count). The number of carbonyl (C=O) groups excluding carboxylic acids is 1. The van der Waals surface area contributed by atoms with Crippen molar-refractivity contribution in [1.29, 1.82) is 0 Å². The van der Waals surface area contributed by atoms with Crippen LogP contribution in [-0.2, 0) is 11.2 Å². The van der Waals surface area contributed by atoms with Crippen LogP contribution in [0.25, 0.3) is 0 Å². The fourth-order valence-electron chi connectivity index (χ4n) is 1.40. The fourth-order valence-corrected chi connectivity index (χ4v) is 1.40. The Morgan fingerprint density at radius 1 is 1.44 bits per heavy atom. The largest absolute Gasteiger partial charge is 0.497 e. The third kappa shape index (κ3) is 4.31. The van der Waals surface area contributed by atoms with Crippen molar-refractivity contribution >= 4 is 5.91 Å². The fraction of sp³-hybridized carbons (Fsp3) is 0.417. The number of amides is 1. The number of nitrogens with one attached hydrogen (secondary N) is 2. The number of benzene rings is 1. The van der Waals surface area contributed by atoms with Crippen molar-refractivity contribution in [3.8, 4) is 5.75 Å². The second kappa shape index (κ2) is 6.85. The number of hydrogen-bond acceptors (Lipinski definition) is 3. The highest BCUT2D eigenvalue weighted by Crippen LogP contribution is 2.12. The van der Waals surface area contributed by atoms with Crippen molar-refractivity contribution < 1.29 is 9.53 Å². The van der Waals surface area contributed by atoms with Gasteiger partial charge in [-0.25, -0.2) is 0 Å². The van der Waals surface area contributed by atoms with Gasteiger partial charge in [0.2, 0.25) is 5.91 Å². The molecule has 16 heavy (non-hydrogen) atoms. The highest BCUT2D eigenvalue weighted by Gasteiger charge is 1.99. The molecule has 1 aromatic rings. The lowest BCUT2D eigenvalue weighted by molar-refractivity contribution is -0.120. The minimum absolute atomic E-state index is 0.0189. The van der Waals surface area contributed by atoms with Gasteiger partial charge in [0.05, 0.1) is 13.7 Å². The molecule has 0 spiro atoms. The van der Waals surface area contributed by atoms with E-state index in [1.807, 2.05) is 24.3 Å². The number of methoxy groups -OCH3 is 1. The number of ether oxygens (including phenoxy) is 1. The van der Waals surface area contributed by atoms with Crippen LogP contribution in [0, 0.1) is 0 Å². The van der Waals surface area contributed by atoms with E-state index in [-0.39, 0.29) is 5.91 Å². The summed E-state index contributed by atoms with van der Waals surface area (Å²) in [6.07, 6.45) is 0.812. The summed E-state index contributed by atoms with van der Waals surface area (Å²) in [6, 6.07) is 7.85. The van der Waals surface area contributed by atoms with E-state index in [9.17, 15) is 4.79 Å². The zero-order valence-electron chi connectivity index (χ0n) is 9.75. The Hall–Kier alpha value is -1.55. The third-order valence-electron chi connectivity index (χ3n) is 2.21. The van der Waals surface area contributed by atoms with E-state index in [4.69, 9.17) is 4.74 Å². The lowest BCUT2D eigenvalue weighted by atomic mass is 10.1. The van der Waals surface area contributed by atoms with Gasteiger partial charge in [0.1, 0.15) is 5.75 Å². The molecule has 0 unspecified atom stereocenters. The van der Waals surface area contributed by atoms with Crippen LogP contribution in [0.5, 0.6) is 5.75 Å². The molecule has 0 saturated heterocycles. The van der Waals surface area contributed by atoms with Crippen molar-refractivity contribution in [3.63, 3.8) is 0 Å². The number of likely N-dealkylation sites (N-methyl/N-ethyl adjacent to an activating group) is 1. The molecule has 0 radical (unpaired) electrons. The van der Waals surface area contributed by atoms with E-state index in [0.717, 1.165) is 17.7 Å². The van der Waals surface area contributed by atoms with Gasteiger partial charge < -0.3 is 15.4 Å². The van der Waals surface area contributed by atoms with Gasteiger partial charge in [0, 0.05) is 6.54 Å². The third-order valence-corrected chi connectivity index (χ3v) is 2.21. The molecule has 4 nitrogen and oxygen atoms in total. The van der Waals surface area contributed by atoms with Gasteiger partial charge in [-0.2, -0.15) is 0 Å². The van der Waals surface area contributed by atoms with Gasteiger partial charge in [-0.1, -0.05) is 12.1 Å². The molecule has 1 amide bonds. The Morgan fingerprint density at radius 2 is 2.25 bits per heavy atom. The summed E-state index contributed by atoms with van der Waals surface area (Å²) in [4.78, 5) is 11.2. The zero-order chi connectivity index (χ0) is 11.8. The summed E-state index contributed by atoms with van der Waals surface area (Å²) >= 11 is 0. The van der Waals surface area contributed by atoms with Crippen LogP contribution in [0.4, 0.5) is 0 Å². The molecule has 0 bridgehead atoms. The van der Waals surface area contributed by atoms with Crippen LogP contribution in [0.2, 0.25) is 0 Å². The van der Waals surface area contributed by atoms with Crippen LogP contribution >= 0.6 is 0 Å². The number of hydrogen-bond donors (Lipinski definition) is 2. The molecule has 4 heteroatoms. The van der Waals surface area contributed by atoms with Crippen molar-refractivity contribution in [1.82, 2.24) is 10.6 Å². The highest BCUT2D eigenvalue weighted by molar-refractivity contribution is 5.77. The Bertz CT molecular complexity index is 340. The normalized spacial score (nSPS) is 9.88. The first-order valence-corrected chi connectivity index (χ1v) is 5.30. The molecule has 0 aliphatic heterocycles. The summed E-state index contributed by atoms with van der Waals surface area (Å²) in [7, 11) is 3.40. The molecule has 1 aromatic carbocycles. The molecule has 0 saturated carbocycles.